The number of carboxylic acids is 1. The second kappa shape index (κ2) is 11.9. The first-order valence-corrected chi connectivity index (χ1v) is 5.09. The second-order valence-corrected chi connectivity index (χ2v) is 3.05. The summed E-state index contributed by atoms with van der Waals surface area (Å²) >= 11 is 0. The molecule has 0 fully saturated rings. The Morgan fingerprint density at radius 3 is 2.06 bits per heavy atom. The summed E-state index contributed by atoms with van der Waals surface area (Å²) in [5, 5.41) is 24.6. The molecule has 96 valence electrons. The van der Waals surface area contributed by atoms with Crippen LogP contribution in [0.25, 0.3) is 0 Å². The molecule has 0 aromatic carbocycles. The average Bonchev–Trinajstić information content (AvgIpc) is 2.27. The molecule has 0 heterocycles. The van der Waals surface area contributed by atoms with Crippen molar-refractivity contribution in [1.29, 1.82) is 0 Å². The number of ether oxygens (including phenoxy) is 1. The molecule has 0 saturated heterocycles. The highest BCUT2D eigenvalue weighted by molar-refractivity contribution is 5.69. The maximum absolute atomic E-state index is 10.2. The number of carbonyl (C=O) groups excluding carboxylic acids is 1. The van der Waals surface area contributed by atoms with E-state index in [0.717, 1.165) is 0 Å². The lowest BCUT2D eigenvalue weighted by atomic mass is 10.1. The normalized spacial score (nSPS) is 11.0. The third kappa shape index (κ3) is 12.9. The number of aliphatic carboxylic acids is 1. The number of carbonyl (C=O) groups is 2. The maximum Gasteiger partial charge on any atom is 0.306 e. The predicted molar refractivity (Wildman–Crippen MR) is 56.8 cm³/mol. The summed E-state index contributed by atoms with van der Waals surface area (Å²) in [6, 6.07) is 0. The van der Waals surface area contributed by atoms with Crippen LogP contribution in [0, 0.1) is 5.92 Å². The Labute approximate surface area is 94.8 Å². The van der Waals surface area contributed by atoms with Crippen LogP contribution in [-0.4, -0.2) is 47.1 Å². The molecule has 0 rings (SSSR count). The molecule has 1 atom stereocenters. The third-order valence-corrected chi connectivity index (χ3v) is 1.63. The first-order chi connectivity index (χ1) is 7.49. The van der Waals surface area contributed by atoms with Crippen molar-refractivity contribution in [3.05, 3.63) is 0 Å². The number of hydrogen-bond donors (Lipinski definition) is 3. The van der Waals surface area contributed by atoms with Gasteiger partial charge in [-0.05, 0) is 6.42 Å². The molecule has 16 heavy (non-hydrogen) atoms. The molecule has 0 saturated carbocycles. The lowest BCUT2D eigenvalue weighted by Gasteiger charge is -1.99. The van der Waals surface area contributed by atoms with Gasteiger partial charge in [0, 0.05) is 13.0 Å². The van der Waals surface area contributed by atoms with E-state index in [1.165, 1.54) is 0 Å². The van der Waals surface area contributed by atoms with Crippen molar-refractivity contribution in [1.82, 2.24) is 0 Å². The number of carboxylic acid groups (broad SMARTS) is 1. The van der Waals surface area contributed by atoms with Crippen molar-refractivity contribution < 1.29 is 29.6 Å². The Bertz CT molecular complexity index is 190. The Hall–Kier alpha value is -1.14. The van der Waals surface area contributed by atoms with Gasteiger partial charge < -0.3 is 20.1 Å². The molecule has 6 heteroatoms. The Morgan fingerprint density at radius 2 is 1.81 bits per heavy atom. The van der Waals surface area contributed by atoms with Gasteiger partial charge in [0.2, 0.25) is 0 Å². The van der Waals surface area contributed by atoms with Gasteiger partial charge in [-0.2, -0.15) is 0 Å². The molecular formula is C10H20O6. The van der Waals surface area contributed by atoms with Gasteiger partial charge in [-0.25, -0.2) is 0 Å². The summed E-state index contributed by atoms with van der Waals surface area (Å²) in [6.07, 6.45) is 0.718. The lowest BCUT2D eigenvalue weighted by molar-refractivity contribution is -0.144. The number of aliphatic hydroxyl groups is 2. The van der Waals surface area contributed by atoms with Crippen molar-refractivity contribution in [3.8, 4) is 0 Å². The SMILES string of the molecule is CC(CCO)C(=O)O.CCC(=O)OCCO. The predicted octanol–water partition coefficient (Wildman–Crippen LogP) is 0.0214. The first kappa shape index (κ1) is 17.3. The summed E-state index contributed by atoms with van der Waals surface area (Å²) in [6.45, 7) is 3.25. The highest BCUT2D eigenvalue weighted by Crippen LogP contribution is 1.98. The fourth-order valence-electron chi connectivity index (χ4n) is 0.579. The van der Waals surface area contributed by atoms with E-state index in [4.69, 9.17) is 15.3 Å². The van der Waals surface area contributed by atoms with Crippen LogP contribution in [0.4, 0.5) is 0 Å². The standard InChI is InChI=1S/2C5H10O3/c1-4(2-3-6)5(7)8;1-2-5(7)8-4-3-6/h4,6H,2-3H2,1H3,(H,7,8);6H,2-4H2,1H3. The quantitative estimate of drug-likeness (QED) is 0.562. The summed E-state index contributed by atoms with van der Waals surface area (Å²) in [5.41, 5.74) is 0. The maximum atomic E-state index is 10.2. The molecule has 0 aromatic heterocycles. The van der Waals surface area contributed by atoms with Crippen LogP contribution in [-0.2, 0) is 14.3 Å². The topological polar surface area (TPSA) is 104 Å². The van der Waals surface area contributed by atoms with Gasteiger partial charge in [0.05, 0.1) is 12.5 Å². The van der Waals surface area contributed by atoms with Gasteiger partial charge >= 0.3 is 11.9 Å². The zero-order valence-electron chi connectivity index (χ0n) is 9.68. The summed E-state index contributed by atoms with van der Waals surface area (Å²) in [7, 11) is 0. The molecule has 3 N–H and O–H groups in total. The average molecular weight is 236 g/mol. The van der Waals surface area contributed by atoms with Crippen LogP contribution in [0.1, 0.15) is 26.7 Å². The van der Waals surface area contributed by atoms with Crippen LogP contribution >= 0.6 is 0 Å². The van der Waals surface area contributed by atoms with E-state index in [-0.39, 0.29) is 25.8 Å². The number of hydrogen-bond acceptors (Lipinski definition) is 5. The molecule has 0 bridgehead atoms. The summed E-state index contributed by atoms with van der Waals surface area (Å²) in [5.74, 6) is -1.53. The zero-order valence-corrected chi connectivity index (χ0v) is 9.68. The van der Waals surface area contributed by atoms with Gasteiger partial charge in [-0.1, -0.05) is 13.8 Å². The molecule has 0 aliphatic heterocycles. The molecule has 0 spiro atoms. The van der Waals surface area contributed by atoms with Gasteiger partial charge in [-0.3, -0.25) is 9.59 Å². The third-order valence-electron chi connectivity index (χ3n) is 1.63. The minimum Gasteiger partial charge on any atom is -0.481 e. The van der Waals surface area contributed by atoms with E-state index in [9.17, 15) is 9.59 Å². The molecule has 1 unspecified atom stereocenters. The van der Waals surface area contributed by atoms with E-state index in [1.807, 2.05) is 0 Å². The molecule has 0 amide bonds. The fraction of sp³-hybridized carbons (Fsp3) is 0.800. The molecule has 0 aliphatic rings. The Morgan fingerprint density at radius 1 is 1.25 bits per heavy atom. The van der Waals surface area contributed by atoms with Crippen LogP contribution in [0.2, 0.25) is 0 Å². The molecule has 6 nitrogen and oxygen atoms in total. The van der Waals surface area contributed by atoms with Crippen molar-refractivity contribution >= 4 is 11.9 Å². The number of esters is 1. The van der Waals surface area contributed by atoms with Crippen LogP contribution in [0.3, 0.4) is 0 Å². The Balaban J connectivity index is 0. The molecule has 0 radical (unpaired) electrons. The summed E-state index contributed by atoms with van der Waals surface area (Å²) in [4.78, 5) is 20.2. The number of aliphatic hydroxyl groups excluding tert-OH is 2. The van der Waals surface area contributed by atoms with Gasteiger partial charge in [0.25, 0.3) is 0 Å². The van der Waals surface area contributed by atoms with Crippen molar-refractivity contribution in [3.63, 3.8) is 0 Å². The largest absolute Gasteiger partial charge is 0.481 e. The van der Waals surface area contributed by atoms with Gasteiger partial charge in [0.1, 0.15) is 6.61 Å². The smallest absolute Gasteiger partial charge is 0.306 e. The van der Waals surface area contributed by atoms with Gasteiger partial charge in [-0.15, -0.1) is 0 Å². The minimum absolute atomic E-state index is 0.0481. The van der Waals surface area contributed by atoms with Gasteiger partial charge in [0.15, 0.2) is 0 Å². The fourth-order valence-corrected chi connectivity index (χ4v) is 0.579. The molecule has 0 aliphatic carbocycles. The second-order valence-electron chi connectivity index (χ2n) is 3.05. The number of rotatable bonds is 6. The monoisotopic (exact) mass is 236 g/mol. The minimum atomic E-state index is -0.848. The van der Waals surface area contributed by atoms with Crippen molar-refractivity contribution in [2.24, 2.45) is 5.92 Å². The van der Waals surface area contributed by atoms with Crippen molar-refractivity contribution in [2.45, 2.75) is 26.7 Å². The van der Waals surface area contributed by atoms with E-state index in [1.54, 1.807) is 13.8 Å². The molecular weight excluding hydrogens is 216 g/mol. The van der Waals surface area contributed by atoms with E-state index in [0.29, 0.717) is 12.8 Å². The van der Waals surface area contributed by atoms with E-state index < -0.39 is 11.9 Å². The molecule has 0 aromatic rings. The first-order valence-electron chi connectivity index (χ1n) is 5.09. The van der Waals surface area contributed by atoms with Crippen molar-refractivity contribution in [2.75, 3.05) is 19.8 Å². The summed E-state index contributed by atoms with van der Waals surface area (Å²) < 4.78 is 4.45. The van der Waals surface area contributed by atoms with Crippen LogP contribution in [0.15, 0.2) is 0 Å². The van der Waals surface area contributed by atoms with Crippen LogP contribution in [0.5, 0.6) is 0 Å². The lowest BCUT2D eigenvalue weighted by Crippen LogP contribution is -2.10. The van der Waals surface area contributed by atoms with E-state index >= 15 is 0 Å². The zero-order chi connectivity index (χ0) is 13.0. The van der Waals surface area contributed by atoms with Crippen LogP contribution < -0.4 is 0 Å². The van der Waals surface area contributed by atoms with E-state index in [2.05, 4.69) is 4.74 Å². The Kier molecular flexibility index (Phi) is 12.9. The highest BCUT2D eigenvalue weighted by Gasteiger charge is 2.07. The highest BCUT2D eigenvalue weighted by atomic mass is 16.5.